The minimum atomic E-state index is -3.54. The highest BCUT2D eigenvalue weighted by Gasteiger charge is 2.20. The molecule has 0 aliphatic rings. The van der Waals surface area contributed by atoms with Crippen LogP contribution in [0.4, 0.5) is 0 Å². The second-order valence-electron chi connectivity index (χ2n) is 4.67. The molecule has 0 aliphatic carbocycles. The van der Waals surface area contributed by atoms with Gasteiger partial charge in [0.25, 0.3) is 0 Å². The average molecular weight is 286 g/mol. The topological polar surface area (TPSA) is 67.4 Å². The number of sulfonamides is 1. The van der Waals surface area contributed by atoms with Gasteiger partial charge in [-0.1, -0.05) is 13.0 Å². The summed E-state index contributed by atoms with van der Waals surface area (Å²) in [5.74, 6) is 0.579. The lowest BCUT2D eigenvalue weighted by Gasteiger charge is -2.14. The van der Waals surface area contributed by atoms with Gasteiger partial charge in [0.05, 0.1) is 7.11 Å². The smallest absolute Gasteiger partial charge is 0.244 e. The number of methoxy groups -OCH3 is 1. The third-order valence-electron chi connectivity index (χ3n) is 2.78. The maximum atomic E-state index is 12.3. The summed E-state index contributed by atoms with van der Waals surface area (Å²) in [5, 5.41) is 3.02. The Morgan fingerprint density at radius 2 is 2.00 bits per heavy atom. The summed E-state index contributed by atoms with van der Waals surface area (Å²) in [6.07, 6.45) is 0. The van der Waals surface area contributed by atoms with Crippen molar-refractivity contribution >= 4 is 10.0 Å². The van der Waals surface area contributed by atoms with Crippen LogP contribution in [0.25, 0.3) is 0 Å². The number of benzene rings is 1. The molecule has 0 spiro atoms. The molecule has 6 heteroatoms. The van der Waals surface area contributed by atoms with Crippen molar-refractivity contribution in [3.8, 4) is 5.75 Å². The molecule has 108 valence electrons. The van der Waals surface area contributed by atoms with Crippen LogP contribution in [0.2, 0.25) is 0 Å². The number of hydrogen-bond acceptors (Lipinski definition) is 4. The third-order valence-corrected chi connectivity index (χ3v) is 4.23. The summed E-state index contributed by atoms with van der Waals surface area (Å²) in [4.78, 5) is 0.187. The van der Waals surface area contributed by atoms with E-state index < -0.39 is 10.0 Å². The van der Waals surface area contributed by atoms with Crippen LogP contribution in [0.15, 0.2) is 23.1 Å². The number of nitrogens with one attached hydrogen (secondary N) is 2. The second-order valence-corrected chi connectivity index (χ2v) is 6.40. The van der Waals surface area contributed by atoms with Gasteiger partial charge in [-0.15, -0.1) is 0 Å². The van der Waals surface area contributed by atoms with E-state index in [9.17, 15) is 8.42 Å². The van der Waals surface area contributed by atoms with E-state index in [2.05, 4.69) is 10.0 Å². The van der Waals surface area contributed by atoms with Crippen LogP contribution in [0.1, 0.15) is 12.5 Å². The number of ether oxygens (including phenoxy) is 1. The summed E-state index contributed by atoms with van der Waals surface area (Å²) in [6, 6.07) is 5.10. The van der Waals surface area contributed by atoms with Crippen molar-refractivity contribution < 1.29 is 13.2 Å². The number of hydrogen-bond donors (Lipinski definition) is 2. The van der Waals surface area contributed by atoms with Crippen LogP contribution in [-0.4, -0.2) is 35.7 Å². The highest BCUT2D eigenvalue weighted by Crippen LogP contribution is 2.24. The molecule has 1 aromatic rings. The quantitative estimate of drug-likeness (QED) is 0.789. The third kappa shape index (κ3) is 4.49. The van der Waals surface area contributed by atoms with E-state index in [-0.39, 0.29) is 10.8 Å². The van der Waals surface area contributed by atoms with Crippen LogP contribution in [0.5, 0.6) is 5.75 Å². The maximum absolute atomic E-state index is 12.3. The van der Waals surface area contributed by atoms with Gasteiger partial charge in [0.2, 0.25) is 10.0 Å². The molecule has 0 heterocycles. The molecule has 2 N–H and O–H groups in total. The molecule has 1 unspecified atom stereocenters. The highest BCUT2D eigenvalue weighted by atomic mass is 32.2. The van der Waals surface area contributed by atoms with Crippen LogP contribution in [-0.2, 0) is 10.0 Å². The lowest BCUT2D eigenvalue weighted by Crippen LogP contribution is -2.32. The lowest BCUT2D eigenvalue weighted by atomic mass is 10.2. The van der Waals surface area contributed by atoms with E-state index >= 15 is 0 Å². The van der Waals surface area contributed by atoms with Crippen LogP contribution in [0, 0.1) is 12.8 Å². The molecule has 0 saturated heterocycles. The SMILES string of the molecule is CNCC(C)CNS(=O)(=O)c1cc(C)ccc1OC. The largest absolute Gasteiger partial charge is 0.495 e. The summed E-state index contributed by atoms with van der Waals surface area (Å²) in [7, 11) is -0.234. The minimum Gasteiger partial charge on any atom is -0.495 e. The number of rotatable bonds is 7. The molecule has 0 bridgehead atoms. The zero-order chi connectivity index (χ0) is 14.5. The molecule has 1 rings (SSSR count). The van der Waals surface area contributed by atoms with Gasteiger partial charge in [-0.3, -0.25) is 0 Å². The molecule has 1 atom stereocenters. The Morgan fingerprint density at radius 1 is 1.32 bits per heavy atom. The van der Waals surface area contributed by atoms with Crippen molar-refractivity contribution in [3.63, 3.8) is 0 Å². The van der Waals surface area contributed by atoms with E-state index in [0.717, 1.165) is 12.1 Å². The fraction of sp³-hybridized carbons (Fsp3) is 0.538. The Balaban J connectivity index is 2.91. The maximum Gasteiger partial charge on any atom is 0.244 e. The second kappa shape index (κ2) is 6.88. The van der Waals surface area contributed by atoms with Crippen molar-refractivity contribution in [2.45, 2.75) is 18.7 Å². The molecular formula is C13H22N2O3S. The van der Waals surface area contributed by atoms with Crippen LogP contribution < -0.4 is 14.8 Å². The molecule has 0 aromatic heterocycles. The Bertz CT molecular complexity index is 515. The van der Waals surface area contributed by atoms with E-state index in [4.69, 9.17) is 4.74 Å². The normalized spacial score (nSPS) is 13.3. The molecule has 0 aliphatic heterocycles. The lowest BCUT2D eigenvalue weighted by molar-refractivity contribution is 0.402. The Kier molecular flexibility index (Phi) is 5.78. The van der Waals surface area contributed by atoms with Gasteiger partial charge >= 0.3 is 0 Å². The van der Waals surface area contributed by atoms with Crippen molar-refractivity contribution in [3.05, 3.63) is 23.8 Å². The average Bonchev–Trinajstić information content (AvgIpc) is 2.37. The monoisotopic (exact) mass is 286 g/mol. The Morgan fingerprint density at radius 3 is 2.58 bits per heavy atom. The van der Waals surface area contributed by atoms with E-state index in [0.29, 0.717) is 12.3 Å². The van der Waals surface area contributed by atoms with E-state index in [1.165, 1.54) is 7.11 Å². The Hall–Kier alpha value is -1.11. The molecule has 19 heavy (non-hydrogen) atoms. The van der Waals surface area contributed by atoms with Gasteiger partial charge < -0.3 is 10.1 Å². The summed E-state index contributed by atoms with van der Waals surface area (Å²) in [6.45, 7) is 4.97. The molecule has 5 nitrogen and oxygen atoms in total. The van der Waals surface area contributed by atoms with Crippen molar-refractivity contribution in [2.75, 3.05) is 27.2 Å². The van der Waals surface area contributed by atoms with Gasteiger partial charge in [0.1, 0.15) is 10.6 Å². The minimum absolute atomic E-state index is 0.187. The predicted molar refractivity (Wildman–Crippen MR) is 76.0 cm³/mol. The Labute approximate surface area is 115 Å². The molecule has 1 aromatic carbocycles. The van der Waals surface area contributed by atoms with Crippen LogP contribution in [0.3, 0.4) is 0 Å². The summed E-state index contributed by atoms with van der Waals surface area (Å²) in [5.41, 5.74) is 0.879. The first-order valence-corrected chi connectivity index (χ1v) is 7.68. The van der Waals surface area contributed by atoms with E-state index in [1.807, 2.05) is 27.0 Å². The molecule has 0 fully saturated rings. The first-order valence-electron chi connectivity index (χ1n) is 6.19. The summed E-state index contributed by atoms with van der Waals surface area (Å²) < 4.78 is 32.2. The predicted octanol–water partition coefficient (Wildman–Crippen LogP) is 1.14. The molecular weight excluding hydrogens is 264 g/mol. The molecule has 0 amide bonds. The highest BCUT2D eigenvalue weighted by molar-refractivity contribution is 7.89. The van der Waals surface area contributed by atoms with Gasteiger partial charge in [0.15, 0.2) is 0 Å². The molecule has 0 radical (unpaired) electrons. The van der Waals surface area contributed by atoms with Crippen LogP contribution >= 0.6 is 0 Å². The van der Waals surface area contributed by atoms with Gasteiger partial charge in [-0.2, -0.15) is 0 Å². The summed E-state index contributed by atoms with van der Waals surface area (Å²) >= 11 is 0. The number of aryl methyl sites for hydroxylation is 1. The van der Waals surface area contributed by atoms with E-state index in [1.54, 1.807) is 12.1 Å². The fourth-order valence-corrected chi connectivity index (χ4v) is 3.16. The van der Waals surface area contributed by atoms with Crippen molar-refractivity contribution in [1.82, 2.24) is 10.0 Å². The first-order chi connectivity index (χ1) is 8.90. The van der Waals surface area contributed by atoms with Crippen molar-refractivity contribution in [1.29, 1.82) is 0 Å². The van der Waals surface area contributed by atoms with Gasteiger partial charge in [-0.05, 0) is 44.1 Å². The van der Waals surface area contributed by atoms with Gasteiger partial charge in [0, 0.05) is 6.54 Å². The first kappa shape index (κ1) is 15.9. The van der Waals surface area contributed by atoms with Crippen molar-refractivity contribution in [2.24, 2.45) is 5.92 Å². The standard InChI is InChI=1S/C13H22N2O3S/c1-10-5-6-12(18-4)13(7-10)19(16,17)15-9-11(2)8-14-3/h5-7,11,14-15H,8-9H2,1-4H3. The fourth-order valence-electron chi connectivity index (χ4n) is 1.74. The zero-order valence-corrected chi connectivity index (χ0v) is 12.7. The van der Waals surface area contributed by atoms with Gasteiger partial charge in [-0.25, -0.2) is 13.1 Å². The zero-order valence-electron chi connectivity index (χ0n) is 11.9. The molecule has 0 saturated carbocycles.